The van der Waals surface area contributed by atoms with Gasteiger partial charge in [-0.1, -0.05) is 26.7 Å². The highest BCUT2D eigenvalue weighted by atomic mass is 16.5. The number of esters is 1. The predicted octanol–water partition coefficient (Wildman–Crippen LogP) is 2.89. The average Bonchev–Trinajstić information content (AvgIpc) is 2.80. The molecule has 3 heteroatoms. The first-order chi connectivity index (χ1) is 8.17. The Hall–Kier alpha value is -0.570. The lowest BCUT2D eigenvalue weighted by molar-refractivity contribution is -0.145. The van der Waals surface area contributed by atoms with Crippen molar-refractivity contribution >= 4 is 5.97 Å². The molecule has 0 bridgehead atoms. The van der Waals surface area contributed by atoms with Crippen LogP contribution in [0, 0.1) is 5.41 Å². The van der Waals surface area contributed by atoms with E-state index in [1.807, 2.05) is 13.8 Å². The molecular weight excluding hydrogens is 214 g/mol. The maximum absolute atomic E-state index is 11.7. The van der Waals surface area contributed by atoms with Crippen molar-refractivity contribution in [1.29, 1.82) is 0 Å². The summed E-state index contributed by atoms with van der Waals surface area (Å²) in [5.41, 5.74) is 0.430. The molecular formula is C14H27NO2. The van der Waals surface area contributed by atoms with Gasteiger partial charge in [0, 0.05) is 6.54 Å². The molecule has 17 heavy (non-hydrogen) atoms. The van der Waals surface area contributed by atoms with Gasteiger partial charge in [0.25, 0.3) is 0 Å². The van der Waals surface area contributed by atoms with Gasteiger partial charge < -0.3 is 10.1 Å². The molecule has 100 valence electrons. The summed E-state index contributed by atoms with van der Waals surface area (Å²) >= 11 is 0. The summed E-state index contributed by atoms with van der Waals surface area (Å²) in [7, 11) is 0. The van der Waals surface area contributed by atoms with Crippen LogP contribution in [-0.2, 0) is 9.53 Å². The third-order valence-corrected chi connectivity index (χ3v) is 4.12. The maximum Gasteiger partial charge on any atom is 0.323 e. The van der Waals surface area contributed by atoms with Gasteiger partial charge in [-0.05, 0) is 38.0 Å². The number of hydrogen-bond donors (Lipinski definition) is 1. The van der Waals surface area contributed by atoms with E-state index in [9.17, 15) is 4.79 Å². The van der Waals surface area contributed by atoms with Gasteiger partial charge >= 0.3 is 5.97 Å². The maximum atomic E-state index is 11.7. The van der Waals surface area contributed by atoms with Crippen LogP contribution in [0.2, 0.25) is 0 Å². The molecule has 3 nitrogen and oxygen atoms in total. The summed E-state index contributed by atoms with van der Waals surface area (Å²) in [6.45, 7) is 7.58. The lowest BCUT2D eigenvalue weighted by atomic mass is 9.83. The van der Waals surface area contributed by atoms with Crippen molar-refractivity contribution in [3.05, 3.63) is 0 Å². The molecule has 0 heterocycles. The molecule has 1 unspecified atom stereocenters. The Balaban J connectivity index is 2.43. The van der Waals surface area contributed by atoms with Crippen molar-refractivity contribution < 1.29 is 9.53 Å². The van der Waals surface area contributed by atoms with E-state index in [-0.39, 0.29) is 12.0 Å². The molecule has 1 fully saturated rings. The van der Waals surface area contributed by atoms with Crippen LogP contribution >= 0.6 is 0 Å². The Morgan fingerprint density at radius 1 is 1.29 bits per heavy atom. The van der Waals surface area contributed by atoms with Crippen molar-refractivity contribution in [2.75, 3.05) is 13.2 Å². The second-order valence-electron chi connectivity index (χ2n) is 5.15. The minimum atomic E-state index is -0.126. The van der Waals surface area contributed by atoms with Gasteiger partial charge in [0.15, 0.2) is 0 Å². The van der Waals surface area contributed by atoms with Crippen LogP contribution in [0.25, 0.3) is 0 Å². The Labute approximate surface area is 105 Å². The van der Waals surface area contributed by atoms with Gasteiger partial charge in [0.1, 0.15) is 6.04 Å². The van der Waals surface area contributed by atoms with Gasteiger partial charge in [-0.3, -0.25) is 4.79 Å². The van der Waals surface area contributed by atoms with Crippen LogP contribution in [0.3, 0.4) is 0 Å². The van der Waals surface area contributed by atoms with Gasteiger partial charge in [0.05, 0.1) is 6.61 Å². The molecule has 0 aromatic rings. The zero-order chi connectivity index (χ0) is 12.7. The summed E-state index contributed by atoms with van der Waals surface area (Å²) in [6.07, 6.45) is 7.29. The number of ether oxygens (including phenoxy) is 1. The quantitative estimate of drug-likeness (QED) is 0.697. The molecule has 1 aliphatic carbocycles. The first-order valence-corrected chi connectivity index (χ1v) is 7.07. The van der Waals surface area contributed by atoms with Gasteiger partial charge in [-0.2, -0.15) is 0 Å². The number of nitrogens with one attached hydrogen (secondary N) is 1. The highest BCUT2D eigenvalue weighted by Crippen LogP contribution is 2.40. The lowest BCUT2D eigenvalue weighted by Crippen LogP contribution is -2.43. The molecule has 1 saturated carbocycles. The molecule has 1 rings (SSSR count). The van der Waals surface area contributed by atoms with Gasteiger partial charge in [-0.15, -0.1) is 0 Å². The molecule has 0 saturated heterocycles. The smallest absolute Gasteiger partial charge is 0.323 e. The summed E-state index contributed by atoms with van der Waals surface area (Å²) in [4.78, 5) is 11.7. The van der Waals surface area contributed by atoms with E-state index in [1.54, 1.807) is 0 Å². The molecule has 0 radical (unpaired) electrons. The molecule has 0 aromatic heterocycles. The van der Waals surface area contributed by atoms with E-state index < -0.39 is 0 Å². The van der Waals surface area contributed by atoms with Crippen molar-refractivity contribution in [2.45, 2.75) is 65.3 Å². The minimum absolute atomic E-state index is 0.0979. The molecule has 0 aliphatic heterocycles. The van der Waals surface area contributed by atoms with E-state index in [2.05, 4.69) is 12.2 Å². The Kier molecular flexibility index (Phi) is 5.96. The van der Waals surface area contributed by atoms with Crippen LogP contribution < -0.4 is 5.32 Å². The fraction of sp³-hybridized carbons (Fsp3) is 0.929. The molecule has 0 aromatic carbocycles. The van der Waals surface area contributed by atoms with Crippen LogP contribution in [-0.4, -0.2) is 25.2 Å². The van der Waals surface area contributed by atoms with Crippen LogP contribution in [0.15, 0.2) is 0 Å². The fourth-order valence-corrected chi connectivity index (χ4v) is 2.76. The summed E-state index contributed by atoms with van der Waals surface area (Å²) in [5, 5.41) is 3.41. The summed E-state index contributed by atoms with van der Waals surface area (Å²) in [5.74, 6) is -0.0979. The summed E-state index contributed by atoms with van der Waals surface area (Å²) in [6, 6.07) is -0.126. The number of carbonyl (C=O) groups is 1. The van der Waals surface area contributed by atoms with Crippen molar-refractivity contribution in [2.24, 2.45) is 5.41 Å². The second kappa shape index (κ2) is 7.00. The average molecular weight is 241 g/mol. The normalized spacial score (nSPS) is 20.2. The zero-order valence-electron chi connectivity index (χ0n) is 11.6. The zero-order valence-corrected chi connectivity index (χ0v) is 11.6. The predicted molar refractivity (Wildman–Crippen MR) is 69.9 cm³/mol. The van der Waals surface area contributed by atoms with Crippen molar-refractivity contribution in [1.82, 2.24) is 5.32 Å². The third kappa shape index (κ3) is 3.98. The van der Waals surface area contributed by atoms with Gasteiger partial charge in [-0.25, -0.2) is 0 Å². The Bertz CT molecular complexity index is 234. The van der Waals surface area contributed by atoms with Crippen LogP contribution in [0.1, 0.15) is 59.3 Å². The monoisotopic (exact) mass is 241 g/mol. The van der Waals surface area contributed by atoms with E-state index in [0.717, 1.165) is 13.0 Å². The second-order valence-corrected chi connectivity index (χ2v) is 5.15. The largest absolute Gasteiger partial charge is 0.465 e. The standard InChI is InChI=1S/C14H27NO2/c1-4-12(13(16)17-6-3)15-11-14(5-2)9-7-8-10-14/h12,15H,4-11H2,1-3H3. The number of carbonyl (C=O) groups excluding carboxylic acids is 1. The molecule has 0 spiro atoms. The van der Waals surface area contributed by atoms with E-state index in [0.29, 0.717) is 12.0 Å². The van der Waals surface area contributed by atoms with E-state index >= 15 is 0 Å². The number of rotatable bonds is 7. The van der Waals surface area contributed by atoms with Gasteiger partial charge in [0.2, 0.25) is 0 Å². The van der Waals surface area contributed by atoms with Crippen molar-refractivity contribution in [3.63, 3.8) is 0 Å². The van der Waals surface area contributed by atoms with E-state index in [1.165, 1.54) is 32.1 Å². The van der Waals surface area contributed by atoms with Crippen LogP contribution in [0.4, 0.5) is 0 Å². The molecule has 1 N–H and O–H groups in total. The van der Waals surface area contributed by atoms with E-state index in [4.69, 9.17) is 4.74 Å². The molecule has 1 aliphatic rings. The topological polar surface area (TPSA) is 38.3 Å². The van der Waals surface area contributed by atoms with Crippen molar-refractivity contribution in [3.8, 4) is 0 Å². The molecule has 1 atom stereocenters. The third-order valence-electron chi connectivity index (χ3n) is 4.12. The SMILES string of the molecule is CCOC(=O)C(CC)NCC1(CC)CCCC1. The molecule has 0 amide bonds. The highest BCUT2D eigenvalue weighted by Gasteiger charge is 2.33. The Morgan fingerprint density at radius 3 is 2.41 bits per heavy atom. The summed E-state index contributed by atoms with van der Waals surface area (Å²) < 4.78 is 5.08. The Morgan fingerprint density at radius 2 is 1.94 bits per heavy atom. The first-order valence-electron chi connectivity index (χ1n) is 7.07. The highest BCUT2D eigenvalue weighted by molar-refractivity contribution is 5.75. The minimum Gasteiger partial charge on any atom is -0.465 e. The lowest BCUT2D eigenvalue weighted by Gasteiger charge is -2.29. The fourth-order valence-electron chi connectivity index (χ4n) is 2.76. The first kappa shape index (κ1) is 14.5. The number of hydrogen-bond acceptors (Lipinski definition) is 3. The van der Waals surface area contributed by atoms with Crippen LogP contribution in [0.5, 0.6) is 0 Å².